The summed E-state index contributed by atoms with van der Waals surface area (Å²) in [6.07, 6.45) is 1.90. The number of benzene rings is 2. The average molecular weight is 441 g/mol. The number of carbonyl (C=O) groups is 2. The summed E-state index contributed by atoms with van der Waals surface area (Å²) < 4.78 is 16.3. The molecule has 1 aliphatic rings. The summed E-state index contributed by atoms with van der Waals surface area (Å²) in [7, 11) is 3.20. The van der Waals surface area contributed by atoms with Gasteiger partial charge in [0.05, 0.1) is 14.2 Å². The molecule has 0 radical (unpaired) electrons. The second-order valence-corrected chi connectivity index (χ2v) is 7.70. The Hall–Kier alpha value is -3.22. The quantitative estimate of drug-likeness (QED) is 0.600. The van der Waals surface area contributed by atoms with Crippen LogP contribution in [0, 0.1) is 0 Å². The van der Waals surface area contributed by atoms with E-state index in [4.69, 9.17) is 14.2 Å². The van der Waals surface area contributed by atoms with Crippen LogP contribution >= 0.6 is 0 Å². The highest BCUT2D eigenvalue weighted by atomic mass is 16.5. The molecule has 1 fully saturated rings. The van der Waals surface area contributed by atoms with Crippen molar-refractivity contribution in [3.05, 3.63) is 53.6 Å². The molecule has 32 heavy (non-hydrogen) atoms. The maximum absolute atomic E-state index is 12.6. The van der Waals surface area contributed by atoms with Crippen LogP contribution < -0.4 is 14.2 Å². The zero-order valence-corrected chi connectivity index (χ0v) is 19.1. The van der Waals surface area contributed by atoms with Crippen molar-refractivity contribution in [1.29, 1.82) is 0 Å². The Labute approximate surface area is 189 Å². The fourth-order valence-corrected chi connectivity index (χ4v) is 3.82. The topological polar surface area (TPSA) is 68.3 Å². The summed E-state index contributed by atoms with van der Waals surface area (Å²) in [5.41, 5.74) is 2.11. The highest BCUT2D eigenvalue weighted by Crippen LogP contribution is 2.28. The molecule has 7 nitrogen and oxygen atoms in total. The minimum Gasteiger partial charge on any atom is -0.493 e. The summed E-state index contributed by atoms with van der Waals surface area (Å²) in [4.78, 5) is 28.8. The number of piperazine rings is 1. The number of methoxy groups -OCH3 is 2. The molecule has 7 heteroatoms. The van der Waals surface area contributed by atoms with Gasteiger partial charge in [-0.05, 0) is 42.2 Å². The molecule has 0 saturated carbocycles. The van der Waals surface area contributed by atoms with Gasteiger partial charge in [0.2, 0.25) is 5.91 Å². The van der Waals surface area contributed by atoms with E-state index in [-0.39, 0.29) is 18.4 Å². The minimum atomic E-state index is -0.0478. The predicted molar refractivity (Wildman–Crippen MR) is 122 cm³/mol. The SMILES string of the molecule is CCc1ccccc1OCC(=O)N1CCN(C(=O)CCc2ccc(OC)c(OC)c2)CC1. The number of ether oxygens (including phenoxy) is 3. The van der Waals surface area contributed by atoms with Crippen LogP contribution in [0.2, 0.25) is 0 Å². The van der Waals surface area contributed by atoms with Crippen LogP contribution in [-0.2, 0) is 22.4 Å². The fraction of sp³-hybridized carbons (Fsp3) is 0.440. The Bertz CT molecular complexity index is 922. The molecule has 3 rings (SSSR count). The molecular formula is C25H32N2O5. The minimum absolute atomic E-state index is 0.0181. The summed E-state index contributed by atoms with van der Waals surface area (Å²) in [5, 5.41) is 0. The fourth-order valence-electron chi connectivity index (χ4n) is 3.82. The molecule has 172 valence electrons. The van der Waals surface area contributed by atoms with Crippen LogP contribution in [0.5, 0.6) is 17.2 Å². The van der Waals surface area contributed by atoms with E-state index in [9.17, 15) is 9.59 Å². The number of nitrogens with zero attached hydrogens (tertiary/aromatic N) is 2. The van der Waals surface area contributed by atoms with Gasteiger partial charge in [0.1, 0.15) is 5.75 Å². The molecule has 0 atom stereocenters. The second-order valence-electron chi connectivity index (χ2n) is 7.70. The molecule has 0 N–H and O–H groups in total. The van der Waals surface area contributed by atoms with Gasteiger partial charge in [0, 0.05) is 32.6 Å². The van der Waals surface area contributed by atoms with Crippen molar-refractivity contribution in [2.45, 2.75) is 26.2 Å². The summed E-state index contributed by atoms with van der Waals surface area (Å²) in [5.74, 6) is 2.14. The average Bonchev–Trinajstić information content (AvgIpc) is 2.85. The lowest BCUT2D eigenvalue weighted by Gasteiger charge is -2.34. The Morgan fingerprint density at radius 2 is 1.50 bits per heavy atom. The Morgan fingerprint density at radius 1 is 0.844 bits per heavy atom. The van der Waals surface area contributed by atoms with E-state index < -0.39 is 0 Å². The van der Waals surface area contributed by atoms with Crippen molar-refractivity contribution in [2.24, 2.45) is 0 Å². The smallest absolute Gasteiger partial charge is 0.260 e. The molecule has 0 aromatic heterocycles. The largest absolute Gasteiger partial charge is 0.493 e. The van der Waals surface area contributed by atoms with Crippen LogP contribution in [0.3, 0.4) is 0 Å². The van der Waals surface area contributed by atoms with E-state index >= 15 is 0 Å². The van der Waals surface area contributed by atoms with Gasteiger partial charge >= 0.3 is 0 Å². The molecular weight excluding hydrogens is 408 g/mol. The molecule has 2 aromatic rings. The number of hydrogen-bond donors (Lipinski definition) is 0. The van der Waals surface area contributed by atoms with E-state index in [0.29, 0.717) is 50.5 Å². The van der Waals surface area contributed by atoms with Crippen molar-refractivity contribution in [3.8, 4) is 17.2 Å². The molecule has 1 heterocycles. The van der Waals surface area contributed by atoms with Crippen molar-refractivity contribution < 1.29 is 23.8 Å². The van der Waals surface area contributed by atoms with Gasteiger partial charge in [-0.3, -0.25) is 9.59 Å². The number of carbonyl (C=O) groups excluding carboxylic acids is 2. The molecule has 0 bridgehead atoms. The molecule has 2 aromatic carbocycles. The van der Waals surface area contributed by atoms with Crippen LogP contribution in [0.25, 0.3) is 0 Å². The van der Waals surface area contributed by atoms with E-state index in [0.717, 1.165) is 23.3 Å². The molecule has 0 unspecified atom stereocenters. The van der Waals surface area contributed by atoms with Gasteiger partial charge in [0.25, 0.3) is 5.91 Å². The molecule has 1 aliphatic heterocycles. The van der Waals surface area contributed by atoms with Crippen molar-refractivity contribution in [1.82, 2.24) is 9.80 Å². The number of hydrogen-bond acceptors (Lipinski definition) is 5. The molecule has 1 saturated heterocycles. The molecule has 0 aliphatic carbocycles. The van der Waals surface area contributed by atoms with Gasteiger partial charge < -0.3 is 24.0 Å². The molecule has 2 amide bonds. The van der Waals surface area contributed by atoms with E-state index in [1.807, 2.05) is 47.4 Å². The Kier molecular flexibility index (Phi) is 8.36. The van der Waals surface area contributed by atoms with Crippen molar-refractivity contribution >= 4 is 11.8 Å². The number of amides is 2. The maximum Gasteiger partial charge on any atom is 0.260 e. The number of aryl methyl sites for hydroxylation is 2. The lowest BCUT2D eigenvalue weighted by molar-refractivity contribution is -0.140. The third kappa shape index (κ3) is 5.93. The third-order valence-electron chi connectivity index (χ3n) is 5.77. The maximum atomic E-state index is 12.6. The zero-order valence-electron chi connectivity index (χ0n) is 19.1. The van der Waals surface area contributed by atoms with Gasteiger partial charge in [0.15, 0.2) is 18.1 Å². The van der Waals surface area contributed by atoms with Gasteiger partial charge in [-0.1, -0.05) is 31.2 Å². The van der Waals surface area contributed by atoms with E-state index in [1.54, 1.807) is 19.1 Å². The van der Waals surface area contributed by atoms with Gasteiger partial charge in [-0.15, -0.1) is 0 Å². The van der Waals surface area contributed by atoms with Crippen molar-refractivity contribution in [2.75, 3.05) is 47.0 Å². The summed E-state index contributed by atoms with van der Waals surface area (Å²) in [6, 6.07) is 13.5. The van der Waals surface area contributed by atoms with Crippen LogP contribution in [-0.4, -0.2) is 68.6 Å². The number of rotatable bonds is 9. The zero-order chi connectivity index (χ0) is 22.9. The second kappa shape index (κ2) is 11.4. The predicted octanol–water partition coefficient (Wildman–Crippen LogP) is 2.95. The summed E-state index contributed by atoms with van der Waals surface area (Å²) in [6.45, 7) is 4.22. The van der Waals surface area contributed by atoms with E-state index in [2.05, 4.69) is 6.92 Å². The highest BCUT2D eigenvalue weighted by molar-refractivity contribution is 5.79. The van der Waals surface area contributed by atoms with Crippen molar-refractivity contribution in [3.63, 3.8) is 0 Å². The first-order valence-corrected chi connectivity index (χ1v) is 11.0. The standard InChI is InChI=1S/C25H32N2O5/c1-4-20-7-5-6-8-21(20)32-18-25(29)27-15-13-26(14-16-27)24(28)12-10-19-9-11-22(30-2)23(17-19)31-3/h5-9,11,17H,4,10,12-16,18H2,1-3H3. The lowest BCUT2D eigenvalue weighted by Crippen LogP contribution is -2.51. The first kappa shape index (κ1) is 23.4. The van der Waals surface area contributed by atoms with Crippen LogP contribution in [0.4, 0.5) is 0 Å². The first-order chi connectivity index (χ1) is 15.5. The molecule has 0 spiro atoms. The van der Waals surface area contributed by atoms with Gasteiger partial charge in [-0.2, -0.15) is 0 Å². The van der Waals surface area contributed by atoms with Gasteiger partial charge in [-0.25, -0.2) is 0 Å². The van der Waals surface area contributed by atoms with Crippen LogP contribution in [0.15, 0.2) is 42.5 Å². The normalized spacial score (nSPS) is 13.6. The summed E-state index contributed by atoms with van der Waals surface area (Å²) >= 11 is 0. The Morgan fingerprint density at radius 3 is 2.16 bits per heavy atom. The monoisotopic (exact) mass is 440 g/mol. The number of para-hydroxylation sites is 1. The Balaban J connectivity index is 1.43. The van der Waals surface area contributed by atoms with Crippen LogP contribution in [0.1, 0.15) is 24.5 Å². The first-order valence-electron chi connectivity index (χ1n) is 11.0. The third-order valence-corrected chi connectivity index (χ3v) is 5.77. The van der Waals surface area contributed by atoms with E-state index in [1.165, 1.54) is 0 Å². The highest BCUT2D eigenvalue weighted by Gasteiger charge is 2.24. The lowest BCUT2D eigenvalue weighted by atomic mass is 10.1.